The van der Waals surface area contributed by atoms with Crippen molar-refractivity contribution in [2.75, 3.05) is 37.7 Å². The van der Waals surface area contributed by atoms with Crippen molar-refractivity contribution in [3.63, 3.8) is 0 Å². The molecule has 3 aromatic rings. The van der Waals surface area contributed by atoms with E-state index in [1.807, 2.05) is 0 Å². The Kier molecular flexibility index (Phi) is 9.88. The highest BCUT2D eigenvalue weighted by Crippen LogP contribution is 2.39. The molecular weight excluding hydrogens is 640 g/mol. The van der Waals surface area contributed by atoms with Gasteiger partial charge in [0.2, 0.25) is 5.91 Å². The van der Waals surface area contributed by atoms with Gasteiger partial charge in [-0.05, 0) is 67.4 Å². The Morgan fingerprint density at radius 2 is 1.46 bits per heavy atom. The number of halogens is 6. The Morgan fingerprint density at radius 1 is 0.833 bits per heavy atom. The molecule has 2 heterocycles. The number of benzene rings is 3. The molecule has 1 unspecified atom stereocenters. The molecule has 1 atom stereocenters. The molecule has 0 aliphatic carbocycles. The number of piperazine rings is 1. The first-order valence-electron chi connectivity index (χ1n) is 15.3. The Balaban J connectivity index is 1.27. The zero-order valence-corrected chi connectivity index (χ0v) is 26.2. The van der Waals surface area contributed by atoms with Gasteiger partial charge in [-0.15, -0.1) is 0 Å². The van der Waals surface area contributed by atoms with Crippen molar-refractivity contribution < 1.29 is 45.5 Å². The number of hydrogen-bond acceptors (Lipinski definition) is 5. The SMILES string of the molecule is CCOC(=O)C1=C(C)N(Cc2ccc(C(=O)N3CCN(c4cccc(C(F)(F)F)c4)CC3)cc2)C(=O)CC1c1ccc(C(F)(F)F)cc1. The molecule has 0 saturated carbocycles. The van der Waals surface area contributed by atoms with Crippen LogP contribution in [0.4, 0.5) is 32.0 Å². The lowest BCUT2D eigenvalue weighted by Crippen LogP contribution is -2.48. The molecule has 0 bridgehead atoms. The molecule has 1 saturated heterocycles. The highest BCUT2D eigenvalue weighted by molar-refractivity contribution is 5.96. The number of hydrogen-bond donors (Lipinski definition) is 0. The monoisotopic (exact) mass is 673 g/mol. The molecule has 2 aliphatic rings. The summed E-state index contributed by atoms with van der Waals surface area (Å²) in [5.41, 5.74) is 0.842. The maximum absolute atomic E-state index is 13.4. The molecule has 2 aliphatic heterocycles. The molecule has 1 fully saturated rings. The summed E-state index contributed by atoms with van der Waals surface area (Å²) < 4.78 is 84.1. The van der Waals surface area contributed by atoms with Gasteiger partial charge in [0.1, 0.15) is 0 Å². The molecule has 7 nitrogen and oxygen atoms in total. The van der Waals surface area contributed by atoms with E-state index < -0.39 is 35.4 Å². The molecule has 0 N–H and O–H groups in total. The number of rotatable bonds is 7. The number of amides is 2. The van der Waals surface area contributed by atoms with Crippen LogP contribution in [0.25, 0.3) is 0 Å². The van der Waals surface area contributed by atoms with E-state index in [2.05, 4.69) is 0 Å². The second-order valence-electron chi connectivity index (χ2n) is 11.6. The number of allylic oxidation sites excluding steroid dienone is 1. The van der Waals surface area contributed by atoms with E-state index in [9.17, 15) is 40.7 Å². The summed E-state index contributed by atoms with van der Waals surface area (Å²) in [6, 6.07) is 16.1. The number of anilines is 1. The first-order valence-corrected chi connectivity index (χ1v) is 15.3. The summed E-state index contributed by atoms with van der Waals surface area (Å²) >= 11 is 0. The van der Waals surface area contributed by atoms with Crippen LogP contribution in [0.5, 0.6) is 0 Å². The minimum atomic E-state index is -4.53. The van der Waals surface area contributed by atoms with Gasteiger partial charge in [-0.1, -0.05) is 30.3 Å². The van der Waals surface area contributed by atoms with E-state index in [1.54, 1.807) is 54.0 Å². The zero-order chi connectivity index (χ0) is 34.8. The molecular formula is C35H33F6N3O4. The number of nitrogens with zero attached hydrogens (tertiary/aromatic N) is 3. The highest BCUT2D eigenvalue weighted by Gasteiger charge is 2.38. The van der Waals surface area contributed by atoms with Crippen LogP contribution in [0.3, 0.4) is 0 Å². The fourth-order valence-electron chi connectivity index (χ4n) is 6.03. The third kappa shape index (κ3) is 7.50. The van der Waals surface area contributed by atoms with Gasteiger partial charge in [0.25, 0.3) is 5.91 Å². The normalized spacial score (nSPS) is 17.5. The summed E-state index contributed by atoms with van der Waals surface area (Å²) in [5, 5.41) is 0. The van der Waals surface area contributed by atoms with Crippen molar-refractivity contribution in [1.29, 1.82) is 0 Å². The smallest absolute Gasteiger partial charge is 0.416 e. The van der Waals surface area contributed by atoms with E-state index in [4.69, 9.17) is 4.74 Å². The van der Waals surface area contributed by atoms with Crippen LogP contribution >= 0.6 is 0 Å². The fourth-order valence-corrected chi connectivity index (χ4v) is 6.03. The predicted molar refractivity (Wildman–Crippen MR) is 165 cm³/mol. The standard InChI is InChI=1S/C35H33F6N3O4/c1-3-48-33(47)31-22(2)44(30(45)20-29(31)24-11-13-26(14-12-24)34(36,37)38)21-23-7-9-25(10-8-23)32(46)43-17-15-42(16-18-43)28-6-4-5-27(19-28)35(39,40)41/h4-14,19,29H,3,15-18,20-21H2,1-2H3. The molecule has 3 aromatic carbocycles. The van der Waals surface area contributed by atoms with Crippen LogP contribution < -0.4 is 4.90 Å². The van der Waals surface area contributed by atoms with Crippen molar-refractivity contribution in [2.24, 2.45) is 0 Å². The Labute approximate surface area is 273 Å². The first kappa shape index (κ1) is 34.5. The van der Waals surface area contributed by atoms with Crippen molar-refractivity contribution in [3.8, 4) is 0 Å². The van der Waals surface area contributed by atoms with Gasteiger partial charge in [0.15, 0.2) is 0 Å². The van der Waals surface area contributed by atoms with Crippen molar-refractivity contribution in [1.82, 2.24) is 9.80 Å². The second-order valence-corrected chi connectivity index (χ2v) is 11.6. The largest absolute Gasteiger partial charge is 0.463 e. The van der Waals surface area contributed by atoms with E-state index >= 15 is 0 Å². The average molecular weight is 674 g/mol. The topological polar surface area (TPSA) is 70.2 Å². The van der Waals surface area contributed by atoms with Gasteiger partial charge in [-0.3, -0.25) is 9.59 Å². The second kappa shape index (κ2) is 13.7. The van der Waals surface area contributed by atoms with Crippen LogP contribution in [-0.4, -0.2) is 60.4 Å². The quantitative estimate of drug-likeness (QED) is 0.199. The maximum Gasteiger partial charge on any atom is 0.416 e. The third-order valence-electron chi connectivity index (χ3n) is 8.61. The van der Waals surface area contributed by atoms with Crippen molar-refractivity contribution in [3.05, 3.63) is 112 Å². The number of carbonyl (C=O) groups is 3. The maximum atomic E-state index is 13.4. The molecule has 48 heavy (non-hydrogen) atoms. The van der Waals surface area contributed by atoms with E-state index in [0.29, 0.717) is 54.3 Å². The van der Waals surface area contributed by atoms with Crippen LogP contribution in [-0.2, 0) is 33.2 Å². The molecule has 2 amide bonds. The lowest BCUT2D eigenvalue weighted by molar-refractivity contribution is -0.140. The summed E-state index contributed by atoms with van der Waals surface area (Å²) in [7, 11) is 0. The Hall–Kier alpha value is -4.81. The zero-order valence-electron chi connectivity index (χ0n) is 26.2. The van der Waals surface area contributed by atoms with Crippen LogP contribution in [0.1, 0.15) is 58.8 Å². The molecule has 5 rings (SSSR count). The molecule has 0 spiro atoms. The Morgan fingerprint density at radius 3 is 2.04 bits per heavy atom. The molecule has 254 valence electrons. The summed E-state index contributed by atoms with van der Waals surface area (Å²) in [6.45, 7) is 4.74. The Bertz CT molecular complexity index is 1690. The van der Waals surface area contributed by atoms with Gasteiger partial charge in [-0.25, -0.2) is 4.79 Å². The first-order chi connectivity index (χ1) is 22.7. The molecule has 0 aromatic heterocycles. The minimum absolute atomic E-state index is 0.0685. The van der Waals surface area contributed by atoms with Gasteiger partial charge >= 0.3 is 18.3 Å². The fraction of sp³-hybridized carbons (Fsp3) is 0.343. The lowest BCUT2D eigenvalue weighted by atomic mass is 9.83. The van der Waals surface area contributed by atoms with Gasteiger partial charge in [-0.2, -0.15) is 26.3 Å². The number of ether oxygens (including phenoxy) is 1. The average Bonchev–Trinajstić information content (AvgIpc) is 3.06. The number of carbonyl (C=O) groups excluding carboxylic acids is 3. The van der Waals surface area contributed by atoms with Gasteiger partial charge < -0.3 is 19.4 Å². The third-order valence-corrected chi connectivity index (χ3v) is 8.61. The minimum Gasteiger partial charge on any atom is -0.463 e. The van der Waals surface area contributed by atoms with Gasteiger partial charge in [0, 0.05) is 55.5 Å². The van der Waals surface area contributed by atoms with Crippen molar-refractivity contribution in [2.45, 2.75) is 45.1 Å². The van der Waals surface area contributed by atoms with Crippen LogP contribution in [0.15, 0.2) is 84.1 Å². The highest BCUT2D eigenvalue weighted by atomic mass is 19.4. The number of esters is 1. The van der Waals surface area contributed by atoms with E-state index in [0.717, 1.165) is 24.3 Å². The van der Waals surface area contributed by atoms with Gasteiger partial charge in [0.05, 0.1) is 29.9 Å². The van der Waals surface area contributed by atoms with Crippen LogP contribution in [0.2, 0.25) is 0 Å². The van der Waals surface area contributed by atoms with E-state index in [-0.39, 0.29) is 37.0 Å². The van der Waals surface area contributed by atoms with E-state index in [1.165, 1.54) is 23.1 Å². The summed E-state index contributed by atoms with van der Waals surface area (Å²) in [6.07, 6.45) is -9.13. The summed E-state index contributed by atoms with van der Waals surface area (Å²) in [5.74, 6) is -2.01. The van der Waals surface area contributed by atoms with Crippen LogP contribution in [0, 0.1) is 0 Å². The molecule has 13 heteroatoms. The lowest BCUT2D eigenvalue weighted by Gasteiger charge is -2.36. The number of alkyl halides is 6. The molecule has 0 radical (unpaired) electrons. The van der Waals surface area contributed by atoms with Crippen molar-refractivity contribution >= 4 is 23.5 Å². The summed E-state index contributed by atoms with van der Waals surface area (Å²) in [4.78, 5) is 44.5. The predicted octanol–water partition coefficient (Wildman–Crippen LogP) is 7.04.